The second-order valence-electron chi connectivity index (χ2n) is 6.03. The summed E-state index contributed by atoms with van der Waals surface area (Å²) >= 11 is 0. The summed E-state index contributed by atoms with van der Waals surface area (Å²) in [5.74, 6) is 0.626. The zero-order valence-electron chi connectivity index (χ0n) is 12.4. The number of carbonyl (C=O) groups excluding carboxylic acids is 1. The molecule has 0 saturated carbocycles. The van der Waals surface area contributed by atoms with E-state index >= 15 is 0 Å². The standard InChI is InChI=1S/C17H24N2O2/c20-17(19-16-7-10-21-11-8-16)14-5-3-13(4-6-14)15-2-1-9-18-12-15/h3-6,15-16,18H,1-2,7-12H2,(H,19,20)/t15-/m0/s1. The van der Waals surface area contributed by atoms with E-state index in [9.17, 15) is 4.79 Å². The van der Waals surface area contributed by atoms with Crippen molar-refractivity contribution in [1.29, 1.82) is 0 Å². The molecule has 1 amide bonds. The fourth-order valence-corrected chi connectivity index (χ4v) is 3.15. The molecule has 2 heterocycles. The van der Waals surface area contributed by atoms with E-state index < -0.39 is 0 Å². The smallest absolute Gasteiger partial charge is 0.251 e. The van der Waals surface area contributed by atoms with Crippen LogP contribution in [0.15, 0.2) is 24.3 Å². The van der Waals surface area contributed by atoms with Gasteiger partial charge in [-0.25, -0.2) is 0 Å². The highest BCUT2D eigenvalue weighted by Gasteiger charge is 2.18. The lowest BCUT2D eigenvalue weighted by Crippen LogP contribution is -2.38. The number of amides is 1. The van der Waals surface area contributed by atoms with Crippen LogP contribution in [0.25, 0.3) is 0 Å². The average Bonchev–Trinajstić information content (AvgIpc) is 2.57. The van der Waals surface area contributed by atoms with Crippen LogP contribution in [0.3, 0.4) is 0 Å². The van der Waals surface area contributed by atoms with Crippen molar-refractivity contribution < 1.29 is 9.53 Å². The van der Waals surface area contributed by atoms with Crippen molar-refractivity contribution in [2.45, 2.75) is 37.6 Å². The predicted octanol–water partition coefficient (Wildman–Crippen LogP) is 2.06. The Morgan fingerprint density at radius 2 is 1.90 bits per heavy atom. The molecule has 2 fully saturated rings. The summed E-state index contributed by atoms with van der Waals surface area (Å²) in [6, 6.07) is 8.39. The predicted molar refractivity (Wildman–Crippen MR) is 82.6 cm³/mol. The van der Waals surface area contributed by atoms with E-state index in [-0.39, 0.29) is 11.9 Å². The maximum Gasteiger partial charge on any atom is 0.251 e. The van der Waals surface area contributed by atoms with Crippen LogP contribution in [0.1, 0.15) is 47.5 Å². The number of carbonyl (C=O) groups is 1. The molecule has 2 N–H and O–H groups in total. The van der Waals surface area contributed by atoms with Gasteiger partial charge in [0.1, 0.15) is 0 Å². The molecule has 1 atom stereocenters. The van der Waals surface area contributed by atoms with Gasteiger partial charge in [-0.3, -0.25) is 4.79 Å². The Morgan fingerprint density at radius 3 is 2.57 bits per heavy atom. The Hall–Kier alpha value is -1.39. The van der Waals surface area contributed by atoms with E-state index in [2.05, 4.69) is 22.8 Å². The molecule has 2 aliphatic heterocycles. The van der Waals surface area contributed by atoms with Gasteiger partial charge in [0.2, 0.25) is 0 Å². The lowest BCUT2D eigenvalue weighted by atomic mass is 9.91. The molecule has 0 unspecified atom stereocenters. The molecule has 4 heteroatoms. The molecule has 2 saturated heterocycles. The lowest BCUT2D eigenvalue weighted by molar-refractivity contribution is 0.0696. The summed E-state index contributed by atoms with van der Waals surface area (Å²) in [4.78, 5) is 12.2. The Labute approximate surface area is 126 Å². The highest BCUT2D eigenvalue weighted by molar-refractivity contribution is 5.94. The number of benzene rings is 1. The van der Waals surface area contributed by atoms with Crippen molar-refractivity contribution in [2.75, 3.05) is 26.3 Å². The first kappa shape index (κ1) is 14.5. The molecular weight excluding hydrogens is 264 g/mol. The first-order valence-corrected chi connectivity index (χ1v) is 8.02. The largest absolute Gasteiger partial charge is 0.381 e. The van der Waals surface area contributed by atoms with Gasteiger partial charge in [0.15, 0.2) is 0 Å². The molecule has 114 valence electrons. The minimum Gasteiger partial charge on any atom is -0.381 e. The number of hydrogen-bond donors (Lipinski definition) is 2. The van der Waals surface area contributed by atoms with Crippen LogP contribution in [-0.4, -0.2) is 38.3 Å². The van der Waals surface area contributed by atoms with E-state index in [1.165, 1.54) is 18.4 Å². The maximum atomic E-state index is 12.2. The van der Waals surface area contributed by atoms with Crippen molar-refractivity contribution in [1.82, 2.24) is 10.6 Å². The molecule has 1 aromatic carbocycles. The van der Waals surface area contributed by atoms with Crippen LogP contribution in [0, 0.1) is 0 Å². The van der Waals surface area contributed by atoms with Crippen LogP contribution in [0.5, 0.6) is 0 Å². The second kappa shape index (κ2) is 7.05. The highest BCUT2D eigenvalue weighted by Crippen LogP contribution is 2.23. The van der Waals surface area contributed by atoms with Crippen molar-refractivity contribution in [2.24, 2.45) is 0 Å². The van der Waals surface area contributed by atoms with Gasteiger partial charge < -0.3 is 15.4 Å². The topological polar surface area (TPSA) is 50.4 Å². The summed E-state index contributed by atoms with van der Waals surface area (Å²) in [5, 5.41) is 6.54. The molecule has 0 bridgehead atoms. The summed E-state index contributed by atoms with van der Waals surface area (Å²) in [6.07, 6.45) is 4.30. The molecule has 0 spiro atoms. The van der Waals surface area contributed by atoms with Gasteiger partial charge in [0.25, 0.3) is 5.91 Å². The third-order valence-electron chi connectivity index (χ3n) is 4.50. The lowest BCUT2D eigenvalue weighted by Gasteiger charge is -2.24. The maximum absolute atomic E-state index is 12.2. The second-order valence-corrected chi connectivity index (χ2v) is 6.03. The van der Waals surface area contributed by atoms with E-state index in [0.717, 1.165) is 44.7 Å². The first-order valence-electron chi connectivity index (χ1n) is 8.02. The molecule has 4 nitrogen and oxygen atoms in total. The highest BCUT2D eigenvalue weighted by atomic mass is 16.5. The van der Waals surface area contributed by atoms with E-state index in [0.29, 0.717) is 5.92 Å². The van der Waals surface area contributed by atoms with Gasteiger partial charge >= 0.3 is 0 Å². The van der Waals surface area contributed by atoms with Crippen molar-refractivity contribution in [3.8, 4) is 0 Å². The van der Waals surface area contributed by atoms with Crippen LogP contribution in [-0.2, 0) is 4.74 Å². The Morgan fingerprint density at radius 1 is 1.14 bits per heavy atom. The Kier molecular flexibility index (Phi) is 4.88. The van der Waals surface area contributed by atoms with Gasteiger partial charge in [0.05, 0.1) is 0 Å². The normalized spacial score (nSPS) is 23.7. The summed E-state index contributed by atoms with van der Waals surface area (Å²) < 4.78 is 5.31. The van der Waals surface area contributed by atoms with Crippen LogP contribution < -0.4 is 10.6 Å². The molecule has 3 rings (SSSR count). The van der Waals surface area contributed by atoms with Crippen molar-refractivity contribution >= 4 is 5.91 Å². The number of hydrogen-bond acceptors (Lipinski definition) is 3. The summed E-state index contributed by atoms with van der Waals surface area (Å²) in [5.41, 5.74) is 2.10. The van der Waals surface area contributed by atoms with Crippen molar-refractivity contribution in [3.05, 3.63) is 35.4 Å². The van der Waals surface area contributed by atoms with Gasteiger partial charge in [0, 0.05) is 31.4 Å². The van der Waals surface area contributed by atoms with Crippen LogP contribution in [0.4, 0.5) is 0 Å². The minimum atomic E-state index is 0.0372. The van der Waals surface area contributed by atoms with Gasteiger partial charge in [-0.15, -0.1) is 0 Å². The van der Waals surface area contributed by atoms with E-state index in [1.807, 2.05) is 12.1 Å². The fourth-order valence-electron chi connectivity index (χ4n) is 3.15. The summed E-state index contributed by atoms with van der Waals surface area (Å²) in [6.45, 7) is 3.67. The summed E-state index contributed by atoms with van der Waals surface area (Å²) in [7, 11) is 0. The third-order valence-corrected chi connectivity index (χ3v) is 4.50. The zero-order valence-corrected chi connectivity index (χ0v) is 12.4. The molecule has 0 aliphatic carbocycles. The molecule has 2 aliphatic rings. The van der Waals surface area contributed by atoms with Crippen LogP contribution >= 0.6 is 0 Å². The fraction of sp³-hybridized carbons (Fsp3) is 0.588. The average molecular weight is 288 g/mol. The van der Waals surface area contributed by atoms with Gasteiger partial charge in [-0.05, 0) is 55.8 Å². The number of ether oxygens (including phenoxy) is 1. The SMILES string of the molecule is O=C(NC1CCOCC1)c1ccc([C@H]2CCCNC2)cc1. The third kappa shape index (κ3) is 3.83. The van der Waals surface area contributed by atoms with Crippen molar-refractivity contribution in [3.63, 3.8) is 0 Å². The number of nitrogens with one attached hydrogen (secondary N) is 2. The first-order chi connectivity index (χ1) is 10.3. The Balaban J connectivity index is 1.58. The molecule has 0 radical (unpaired) electrons. The number of rotatable bonds is 3. The van der Waals surface area contributed by atoms with E-state index in [4.69, 9.17) is 4.74 Å². The van der Waals surface area contributed by atoms with Crippen LogP contribution in [0.2, 0.25) is 0 Å². The molecule has 1 aromatic rings. The molecule has 21 heavy (non-hydrogen) atoms. The minimum absolute atomic E-state index is 0.0372. The quantitative estimate of drug-likeness (QED) is 0.895. The molecular formula is C17H24N2O2. The Bertz CT molecular complexity index is 460. The van der Waals surface area contributed by atoms with Gasteiger partial charge in [-0.2, -0.15) is 0 Å². The number of piperidine rings is 1. The van der Waals surface area contributed by atoms with Gasteiger partial charge in [-0.1, -0.05) is 12.1 Å². The zero-order chi connectivity index (χ0) is 14.5. The van der Waals surface area contributed by atoms with E-state index in [1.54, 1.807) is 0 Å². The molecule has 0 aromatic heterocycles. The monoisotopic (exact) mass is 288 g/mol.